The van der Waals surface area contributed by atoms with E-state index in [1.807, 2.05) is 17.1 Å². The summed E-state index contributed by atoms with van der Waals surface area (Å²) in [5.41, 5.74) is 3.89. The van der Waals surface area contributed by atoms with Crippen LogP contribution < -0.4 is 0 Å². The summed E-state index contributed by atoms with van der Waals surface area (Å²) >= 11 is 0. The smallest absolute Gasteiger partial charge is 0.242 e. The highest BCUT2D eigenvalue weighted by molar-refractivity contribution is 6.02. The van der Waals surface area contributed by atoms with Gasteiger partial charge in [-0.2, -0.15) is 0 Å². The average molecular weight is 368 g/mol. The Balaban J connectivity index is 1.84. The molecule has 1 aromatic rings. The van der Waals surface area contributed by atoms with Gasteiger partial charge < -0.3 is 4.74 Å². The standard InChI is InChI=1S/C22H28N2O3/c1-15-6-4-5-7-16(15)17-12-20(26)24(23-8-10-27-11-9-23)18-13-22(2,3)14-19(25)21(17)18/h4-7,17H,8-14H2,1-3H3. The monoisotopic (exact) mass is 368 g/mol. The molecule has 0 saturated carbocycles. The van der Waals surface area contributed by atoms with E-state index in [0.29, 0.717) is 39.1 Å². The molecule has 2 heterocycles. The number of hydrogen-bond acceptors (Lipinski definition) is 4. The van der Waals surface area contributed by atoms with Gasteiger partial charge in [0.25, 0.3) is 0 Å². The Morgan fingerprint density at radius 1 is 1.07 bits per heavy atom. The van der Waals surface area contributed by atoms with Crippen molar-refractivity contribution >= 4 is 11.7 Å². The topological polar surface area (TPSA) is 49.9 Å². The van der Waals surface area contributed by atoms with E-state index < -0.39 is 0 Å². The highest BCUT2D eigenvalue weighted by Gasteiger charge is 2.45. The van der Waals surface area contributed by atoms with Crippen LogP contribution in [-0.4, -0.2) is 48.0 Å². The number of carbonyl (C=O) groups excluding carboxylic acids is 2. The number of amides is 1. The van der Waals surface area contributed by atoms with Gasteiger partial charge in [0.2, 0.25) is 5.91 Å². The maximum atomic E-state index is 13.3. The van der Waals surface area contributed by atoms with E-state index in [9.17, 15) is 9.59 Å². The number of carbonyl (C=O) groups is 2. The molecule has 27 heavy (non-hydrogen) atoms. The van der Waals surface area contributed by atoms with Gasteiger partial charge in [-0.05, 0) is 29.9 Å². The Hall–Kier alpha value is -1.98. The normalized spacial score (nSPS) is 26.3. The molecule has 0 radical (unpaired) electrons. The lowest BCUT2D eigenvalue weighted by atomic mass is 9.69. The first kappa shape index (κ1) is 18.4. The van der Waals surface area contributed by atoms with Crippen LogP contribution in [-0.2, 0) is 14.3 Å². The fourth-order valence-corrected chi connectivity index (χ4v) is 4.73. The molecule has 1 aromatic carbocycles. The second-order valence-electron chi connectivity index (χ2n) is 8.69. The minimum Gasteiger partial charge on any atom is -0.379 e. The predicted octanol–water partition coefficient (Wildman–Crippen LogP) is 3.20. The maximum absolute atomic E-state index is 13.3. The van der Waals surface area contributed by atoms with Crippen molar-refractivity contribution in [2.75, 3.05) is 26.3 Å². The van der Waals surface area contributed by atoms with Crippen molar-refractivity contribution in [3.63, 3.8) is 0 Å². The van der Waals surface area contributed by atoms with E-state index in [1.54, 1.807) is 0 Å². The first-order chi connectivity index (χ1) is 12.9. The molecule has 1 amide bonds. The van der Waals surface area contributed by atoms with Crippen LogP contribution in [0.25, 0.3) is 0 Å². The molecule has 1 unspecified atom stereocenters. The molecule has 0 bridgehead atoms. The van der Waals surface area contributed by atoms with E-state index >= 15 is 0 Å². The number of hydrazine groups is 1. The summed E-state index contributed by atoms with van der Waals surface area (Å²) in [6.45, 7) is 8.90. The third kappa shape index (κ3) is 3.34. The Morgan fingerprint density at radius 3 is 2.48 bits per heavy atom. The van der Waals surface area contributed by atoms with Gasteiger partial charge in [0.05, 0.1) is 13.2 Å². The van der Waals surface area contributed by atoms with Crippen LogP contribution in [0.4, 0.5) is 0 Å². The summed E-state index contributed by atoms with van der Waals surface area (Å²) in [6.07, 6.45) is 1.64. The van der Waals surface area contributed by atoms with E-state index in [0.717, 1.165) is 28.8 Å². The summed E-state index contributed by atoms with van der Waals surface area (Å²) in [5, 5.41) is 3.90. The summed E-state index contributed by atoms with van der Waals surface area (Å²) < 4.78 is 5.47. The zero-order valence-electron chi connectivity index (χ0n) is 16.5. The summed E-state index contributed by atoms with van der Waals surface area (Å²) in [5.74, 6) is 0.157. The van der Waals surface area contributed by atoms with Gasteiger partial charge in [-0.1, -0.05) is 38.1 Å². The Bertz CT molecular complexity index is 806. The fraction of sp³-hybridized carbons (Fsp3) is 0.545. The van der Waals surface area contributed by atoms with Crippen LogP contribution >= 0.6 is 0 Å². The fourth-order valence-electron chi connectivity index (χ4n) is 4.73. The largest absolute Gasteiger partial charge is 0.379 e. The van der Waals surface area contributed by atoms with E-state index in [2.05, 4.69) is 37.9 Å². The van der Waals surface area contributed by atoms with Crippen LogP contribution in [0.3, 0.4) is 0 Å². The van der Waals surface area contributed by atoms with Crippen LogP contribution in [0.2, 0.25) is 0 Å². The number of hydrogen-bond donors (Lipinski definition) is 0. The second kappa shape index (κ2) is 6.88. The molecule has 5 heteroatoms. The SMILES string of the molecule is Cc1ccccc1C1CC(=O)N(N2CCOCC2)C2=C1C(=O)CC(C)(C)C2. The lowest BCUT2D eigenvalue weighted by Gasteiger charge is -2.47. The molecule has 1 fully saturated rings. The number of nitrogens with zero attached hydrogens (tertiary/aromatic N) is 2. The number of ketones is 1. The first-order valence-electron chi connectivity index (χ1n) is 9.85. The zero-order valence-corrected chi connectivity index (χ0v) is 16.5. The number of Topliss-reactive ketones (excluding diaryl/α,β-unsaturated/α-hetero) is 1. The van der Waals surface area contributed by atoms with Crippen LogP contribution in [0.15, 0.2) is 35.5 Å². The molecule has 5 nitrogen and oxygen atoms in total. The van der Waals surface area contributed by atoms with Crippen molar-refractivity contribution in [1.29, 1.82) is 0 Å². The summed E-state index contributed by atoms with van der Waals surface area (Å²) in [6, 6.07) is 8.13. The van der Waals surface area contributed by atoms with E-state index in [1.165, 1.54) is 0 Å². The second-order valence-corrected chi connectivity index (χ2v) is 8.69. The van der Waals surface area contributed by atoms with E-state index in [4.69, 9.17) is 4.74 Å². The molecule has 0 N–H and O–H groups in total. The molecule has 1 aliphatic carbocycles. The molecule has 4 rings (SSSR count). The number of benzene rings is 1. The van der Waals surface area contributed by atoms with Crippen molar-refractivity contribution < 1.29 is 14.3 Å². The third-order valence-corrected chi connectivity index (χ3v) is 5.95. The molecule has 144 valence electrons. The predicted molar refractivity (Wildman–Crippen MR) is 103 cm³/mol. The molecule has 1 saturated heterocycles. The Morgan fingerprint density at radius 2 is 1.78 bits per heavy atom. The average Bonchev–Trinajstić information content (AvgIpc) is 2.61. The van der Waals surface area contributed by atoms with E-state index in [-0.39, 0.29) is 23.0 Å². The van der Waals surface area contributed by atoms with Crippen molar-refractivity contribution in [2.45, 2.75) is 46.0 Å². The summed E-state index contributed by atoms with van der Waals surface area (Å²) in [4.78, 5) is 26.5. The first-order valence-corrected chi connectivity index (χ1v) is 9.85. The minimum atomic E-state index is -0.131. The van der Waals surface area contributed by atoms with Gasteiger partial charge in [0, 0.05) is 43.1 Å². The van der Waals surface area contributed by atoms with Crippen LogP contribution in [0, 0.1) is 12.3 Å². The highest BCUT2D eigenvalue weighted by Crippen LogP contribution is 2.47. The van der Waals surface area contributed by atoms with Crippen molar-refractivity contribution in [1.82, 2.24) is 10.0 Å². The van der Waals surface area contributed by atoms with Gasteiger partial charge in [-0.25, -0.2) is 10.0 Å². The minimum absolute atomic E-state index is 0.0920. The van der Waals surface area contributed by atoms with Gasteiger partial charge in [-0.3, -0.25) is 9.59 Å². The summed E-state index contributed by atoms with van der Waals surface area (Å²) in [7, 11) is 0. The lowest BCUT2D eigenvalue weighted by Crippen LogP contribution is -2.55. The Kier molecular flexibility index (Phi) is 4.68. The van der Waals surface area contributed by atoms with Crippen molar-refractivity contribution in [2.24, 2.45) is 5.41 Å². The third-order valence-electron chi connectivity index (χ3n) is 5.95. The number of aryl methyl sites for hydroxylation is 1. The van der Waals surface area contributed by atoms with Crippen molar-refractivity contribution in [3.8, 4) is 0 Å². The van der Waals surface area contributed by atoms with Gasteiger partial charge in [0.1, 0.15) is 0 Å². The molecule has 2 aliphatic heterocycles. The molecule has 0 spiro atoms. The zero-order chi connectivity index (χ0) is 19.2. The number of allylic oxidation sites excluding steroid dienone is 2. The molecular formula is C22H28N2O3. The van der Waals surface area contributed by atoms with Gasteiger partial charge >= 0.3 is 0 Å². The quantitative estimate of drug-likeness (QED) is 0.804. The van der Waals surface area contributed by atoms with Gasteiger partial charge in [-0.15, -0.1) is 0 Å². The molecule has 1 atom stereocenters. The Labute approximate surface area is 160 Å². The molecular weight excluding hydrogens is 340 g/mol. The lowest BCUT2D eigenvalue weighted by molar-refractivity contribution is -0.154. The van der Waals surface area contributed by atoms with Crippen LogP contribution in [0.5, 0.6) is 0 Å². The molecule has 3 aliphatic rings. The number of rotatable bonds is 2. The number of ether oxygens (including phenoxy) is 1. The van der Waals surface area contributed by atoms with Crippen molar-refractivity contribution in [3.05, 3.63) is 46.7 Å². The molecule has 0 aromatic heterocycles. The van der Waals surface area contributed by atoms with Gasteiger partial charge in [0.15, 0.2) is 5.78 Å². The highest BCUT2D eigenvalue weighted by atomic mass is 16.5. The number of morpholine rings is 1. The van der Waals surface area contributed by atoms with Crippen LogP contribution in [0.1, 0.15) is 50.2 Å². The maximum Gasteiger partial charge on any atom is 0.242 e.